The maximum atomic E-state index is 12.4. The van der Waals surface area contributed by atoms with E-state index in [4.69, 9.17) is 0 Å². The van der Waals surface area contributed by atoms with E-state index in [0.29, 0.717) is 18.4 Å². The number of sulfonamides is 1. The van der Waals surface area contributed by atoms with E-state index in [9.17, 15) is 23.1 Å². The standard InChI is InChI=1S/C16H21N3O5S/c20-14(17-11-16(15(21)22)6-2-1-3-7-16)12-4-5-13-18-25(23,24)9-8-19(13)10-12/h4-5,10H,1-3,6-9,11H2,(H,17,20)(H,21,22). The molecule has 1 fully saturated rings. The molecule has 2 aliphatic heterocycles. The van der Waals surface area contributed by atoms with Gasteiger partial charge in [-0.05, 0) is 25.0 Å². The molecule has 3 rings (SSSR count). The van der Waals surface area contributed by atoms with Gasteiger partial charge in [0.15, 0.2) is 0 Å². The molecule has 0 aromatic carbocycles. The first-order valence-corrected chi connectivity index (χ1v) is 9.93. The molecule has 1 aliphatic carbocycles. The van der Waals surface area contributed by atoms with Gasteiger partial charge in [0.25, 0.3) is 15.9 Å². The van der Waals surface area contributed by atoms with Gasteiger partial charge in [0.2, 0.25) is 0 Å². The molecule has 1 saturated carbocycles. The Kier molecular flexibility index (Phi) is 4.68. The average molecular weight is 367 g/mol. The van der Waals surface area contributed by atoms with E-state index in [1.807, 2.05) is 0 Å². The number of nitrogens with one attached hydrogen (secondary N) is 1. The Morgan fingerprint density at radius 1 is 1.24 bits per heavy atom. The molecule has 8 nitrogen and oxygen atoms in total. The molecule has 2 heterocycles. The summed E-state index contributed by atoms with van der Waals surface area (Å²) < 4.78 is 26.6. The molecule has 0 aromatic rings. The Morgan fingerprint density at radius 2 is 1.96 bits per heavy atom. The van der Waals surface area contributed by atoms with E-state index < -0.39 is 21.4 Å². The van der Waals surface area contributed by atoms with Gasteiger partial charge in [-0.25, -0.2) is 8.42 Å². The first kappa shape index (κ1) is 17.7. The summed E-state index contributed by atoms with van der Waals surface area (Å²) in [5, 5.41) is 12.3. The highest BCUT2D eigenvalue weighted by molar-refractivity contribution is 7.90. The van der Waals surface area contributed by atoms with Gasteiger partial charge >= 0.3 is 5.97 Å². The Bertz CT molecular complexity index is 776. The highest BCUT2D eigenvalue weighted by Crippen LogP contribution is 2.36. The Labute approximate surface area is 146 Å². The average Bonchev–Trinajstić information content (AvgIpc) is 2.59. The van der Waals surface area contributed by atoms with Crippen molar-refractivity contribution in [1.29, 1.82) is 0 Å². The molecule has 1 amide bonds. The van der Waals surface area contributed by atoms with Gasteiger partial charge in [0.1, 0.15) is 5.84 Å². The van der Waals surface area contributed by atoms with Gasteiger partial charge in [-0.15, -0.1) is 4.40 Å². The molecule has 3 aliphatic rings. The number of fused-ring (bicyclic) bond motifs is 1. The zero-order chi connectivity index (χ0) is 18.1. The van der Waals surface area contributed by atoms with Gasteiger partial charge in [0, 0.05) is 19.3 Å². The minimum atomic E-state index is -3.43. The zero-order valence-electron chi connectivity index (χ0n) is 13.8. The van der Waals surface area contributed by atoms with Crippen LogP contribution in [0.2, 0.25) is 0 Å². The number of aliphatic carboxylic acids is 1. The Hall–Kier alpha value is -2.16. The number of hydrogen-bond acceptors (Lipinski definition) is 5. The summed E-state index contributed by atoms with van der Waals surface area (Å²) in [6.07, 6.45) is 8.41. The largest absolute Gasteiger partial charge is 0.481 e. The van der Waals surface area contributed by atoms with Gasteiger partial charge in [-0.1, -0.05) is 19.3 Å². The van der Waals surface area contributed by atoms with Crippen molar-refractivity contribution in [3.8, 4) is 0 Å². The highest BCUT2D eigenvalue weighted by Gasteiger charge is 2.40. The van der Waals surface area contributed by atoms with Gasteiger partial charge in [0.05, 0.1) is 16.7 Å². The molecule has 0 bridgehead atoms. The van der Waals surface area contributed by atoms with Crippen LogP contribution in [0.5, 0.6) is 0 Å². The van der Waals surface area contributed by atoms with Crippen LogP contribution in [0.15, 0.2) is 28.3 Å². The fourth-order valence-electron chi connectivity index (χ4n) is 3.38. The first-order valence-electron chi connectivity index (χ1n) is 8.32. The van der Waals surface area contributed by atoms with Crippen molar-refractivity contribution >= 4 is 27.7 Å². The maximum Gasteiger partial charge on any atom is 0.311 e. The molecular weight excluding hydrogens is 346 g/mol. The van der Waals surface area contributed by atoms with Crippen LogP contribution in [0.1, 0.15) is 32.1 Å². The predicted molar refractivity (Wildman–Crippen MR) is 91.3 cm³/mol. The maximum absolute atomic E-state index is 12.4. The molecular formula is C16H21N3O5S. The van der Waals surface area contributed by atoms with Crippen LogP contribution < -0.4 is 5.32 Å². The predicted octanol–water partition coefficient (Wildman–Crippen LogP) is 0.635. The van der Waals surface area contributed by atoms with Crippen molar-refractivity contribution in [3.63, 3.8) is 0 Å². The van der Waals surface area contributed by atoms with Crippen molar-refractivity contribution in [3.05, 3.63) is 23.9 Å². The Morgan fingerprint density at radius 3 is 2.64 bits per heavy atom. The van der Waals surface area contributed by atoms with Gasteiger partial charge < -0.3 is 15.3 Å². The minimum Gasteiger partial charge on any atom is -0.481 e. The smallest absolute Gasteiger partial charge is 0.311 e. The third-order valence-corrected chi connectivity index (χ3v) is 6.10. The monoisotopic (exact) mass is 367 g/mol. The van der Waals surface area contributed by atoms with E-state index >= 15 is 0 Å². The molecule has 0 spiro atoms. The second-order valence-electron chi connectivity index (χ2n) is 6.68. The van der Waals surface area contributed by atoms with Crippen LogP contribution in [0, 0.1) is 5.41 Å². The van der Waals surface area contributed by atoms with Crippen LogP contribution in [-0.2, 0) is 19.6 Å². The van der Waals surface area contributed by atoms with E-state index in [1.54, 1.807) is 11.1 Å². The summed E-state index contributed by atoms with van der Waals surface area (Å²) in [6, 6.07) is 0. The van der Waals surface area contributed by atoms with E-state index in [1.165, 1.54) is 12.2 Å². The third kappa shape index (κ3) is 3.76. The van der Waals surface area contributed by atoms with Crippen LogP contribution in [0.4, 0.5) is 0 Å². The van der Waals surface area contributed by atoms with E-state index in [0.717, 1.165) is 19.3 Å². The lowest BCUT2D eigenvalue weighted by Crippen LogP contribution is -2.45. The first-order chi connectivity index (χ1) is 11.8. The fraction of sp³-hybridized carbons (Fsp3) is 0.562. The number of carbonyl (C=O) groups excluding carboxylic acids is 1. The molecule has 0 unspecified atom stereocenters. The van der Waals surface area contributed by atoms with Crippen LogP contribution in [-0.4, -0.2) is 55.0 Å². The molecule has 0 radical (unpaired) electrons. The summed E-state index contributed by atoms with van der Waals surface area (Å²) in [7, 11) is -3.43. The lowest BCUT2D eigenvalue weighted by molar-refractivity contribution is -0.150. The molecule has 136 valence electrons. The van der Waals surface area contributed by atoms with E-state index in [-0.39, 0.29) is 30.6 Å². The van der Waals surface area contributed by atoms with Crippen molar-refractivity contribution in [2.75, 3.05) is 18.8 Å². The molecule has 0 atom stereocenters. The van der Waals surface area contributed by atoms with Crippen molar-refractivity contribution in [2.45, 2.75) is 32.1 Å². The molecule has 2 N–H and O–H groups in total. The number of amidine groups is 1. The number of carbonyl (C=O) groups is 2. The normalized spacial score (nSPS) is 23.9. The quantitative estimate of drug-likeness (QED) is 0.753. The van der Waals surface area contributed by atoms with Crippen LogP contribution in [0.25, 0.3) is 0 Å². The number of carboxylic acids is 1. The lowest BCUT2D eigenvalue weighted by Gasteiger charge is -2.33. The van der Waals surface area contributed by atoms with Gasteiger partial charge in [-0.2, -0.15) is 0 Å². The van der Waals surface area contributed by atoms with Crippen molar-refractivity contribution in [2.24, 2.45) is 9.81 Å². The lowest BCUT2D eigenvalue weighted by atomic mass is 9.74. The van der Waals surface area contributed by atoms with Crippen molar-refractivity contribution < 1.29 is 23.1 Å². The second-order valence-corrected chi connectivity index (χ2v) is 8.43. The number of carboxylic acid groups (broad SMARTS) is 1. The van der Waals surface area contributed by atoms with Crippen molar-refractivity contribution in [1.82, 2.24) is 10.2 Å². The fourth-order valence-corrected chi connectivity index (χ4v) is 4.35. The third-order valence-electron chi connectivity index (χ3n) is 4.94. The molecule has 25 heavy (non-hydrogen) atoms. The minimum absolute atomic E-state index is 0.0989. The van der Waals surface area contributed by atoms with E-state index in [2.05, 4.69) is 9.71 Å². The molecule has 9 heteroatoms. The van der Waals surface area contributed by atoms with Gasteiger partial charge in [-0.3, -0.25) is 9.59 Å². The number of rotatable bonds is 4. The second kappa shape index (κ2) is 6.62. The Balaban J connectivity index is 1.67. The van der Waals surface area contributed by atoms with Crippen LogP contribution >= 0.6 is 0 Å². The van der Waals surface area contributed by atoms with Crippen LogP contribution in [0.3, 0.4) is 0 Å². The number of nitrogens with zero attached hydrogens (tertiary/aromatic N) is 2. The summed E-state index contributed by atoms with van der Waals surface area (Å²) in [5.74, 6) is -1.04. The topological polar surface area (TPSA) is 116 Å². The summed E-state index contributed by atoms with van der Waals surface area (Å²) in [4.78, 5) is 25.7. The molecule has 0 saturated heterocycles. The number of hydrogen-bond donors (Lipinski definition) is 2. The SMILES string of the molecule is O=C(NCC1(C(=O)O)CCCCC1)C1=CN2CCS(=O)(=O)N=C2C=C1. The highest BCUT2D eigenvalue weighted by atomic mass is 32.2. The molecule has 0 aromatic heterocycles. The number of amides is 1. The summed E-state index contributed by atoms with van der Waals surface area (Å²) in [6.45, 7) is 0.336. The summed E-state index contributed by atoms with van der Waals surface area (Å²) in [5.41, 5.74) is -0.534. The zero-order valence-corrected chi connectivity index (χ0v) is 14.6. The summed E-state index contributed by atoms with van der Waals surface area (Å²) >= 11 is 0.